The Morgan fingerprint density at radius 3 is 2.24 bits per heavy atom. The second-order valence-corrected chi connectivity index (χ2v) is 10.2. The van der Waals surface area contributed by atoms with Gasteiger partial charge in [0.2, 0.25) is 0 Å². The maximum absolute atomic E-state index is 13.3. The van der Waals surface area contributed by atoms with E-state index < -0.39 is 5.60 Å². The minimum Gasteiger partial charge on any atom is -0.450 e. The summed E-state index contributed by atoms with van der Waals surface area (Å²) in [4.78, 5) is 18.3. The van der Waals surface area contributed by atoms with E-state index in [-0.39, 0.29) is 11.4 Å². The van der Waals surface area contributed by atoms with Gasteiger partial charge in [-0.2, -0.15) is 0 Å². The Kier molecular flexibility index (Phi) is 9.10. The van der Waals surface area contributed by atoms with Crippen molar-refractivity contribution in [1.82, 2.24) is 9.80 Å². The third-order valence-corrected chi connectivity index (χ3v) is 7.29. The number of hydrogen-bond donors (Lipinski definition) is 0. The Morgan fingerprint density at radius 1 is 1.06 bits per heavy atom. The minimum absolute atomic E-state index is 0.268. The quantitative estimate of drug-likeness (QED) is 0.321. The first-order chi connectivity index (χ1) is 16.3. The molecule has 0 saturated carbocycles. The Bertz CT molecular complexity index is 923. The van der Waals surface area contributed by atoms with E-state index in [1.165, 1.54) is 0 Å². The molecule has 1 fully saturated rings. The zero-order chi connectivity index (χ0) is 24.6. The number of benzene rings is 2. The van der Waals surface area contributed by atoms with Crippen LogP contribution >= 0.6 is 0 Å². The molecule has 3 atom stereocenters. The largest absolute Gasteiger partial charge is 0.450 e. The van der Waals surface area contributed by atoms with Gasteiger partial charge in [0.15, 0.2) is 0 Å². The molecule has 1 aliphatic rings. The number of ether oxygens (including phenoxy) is 1. The second kappa shape index (κ2) is 11.8. The number of likely N-dealkylation sites (tertiary alicyclic amines) is 1. The number of hydrogen-bond acceptors (Lipinski definition) is 4. The van der Waals surface area contributed by atoms with Crippen LogP contribution < -0.4 is 0 Å². The predicted octanol–water partition coefficient (Wildman–Crippen LogP) is 5.99. The van der Waals surface area contributed by atoms with E-state index in [2.05, 4.69) is 68.8 Å². The van der Waals surface area contributed by atoms with Gasteiger partial charge in [-0.15, -0.1) is 0 Å². The van der Waals surface area contributed by atoms with Crippen LogP contribution in [0.25, 0.3) is 6.08 Å². The van der Waals surface area contributed by atoms with Crippen molar-refractivity contribution in [2.75, 3.05) is 33.2 Å². The second-order valence-electron chi connectivity index (χ2n) is 10.2. The van der Waals surface area contributed by atoms with Crippen LogP contribution in [0.5, 0.6) is 0 Å². The first-order valence-electron chi connectivity index (χ1n) is 12.8. The van der Waals surface area contributed by atoms with Crippen molar-refractivity contribution in [3.63, 3.8) is 0 Å². The minimum atomic E-state index is -0.710. The third-order valence-electron chi connectivity index (χ3n) is 7.29. The molecule has 2 aromatic carbocycles. The molecule has 3 unspecified atom stereocenters. The Balaban J connectivity index is 2.03. The standard InChI is InChI=1S/C30H42N2O2/c1-6-20-32(21-7-2)24-29(4)23-31(5)25(3)22-30(29,27-16-12-9-13-17-27)34-28(33)19-18-26-14-10-8-11-15-26/h8-19,25H,6-7,20-24H2,1-5H3/b19-18+. The molecule has 1 saturated heterocycles. The summed E-state index contributed by atoms with van der Waals surface area (Å²) in [7, 11) is 2.19. The van der Waals surface area contributed by atoms with Gasteiger partial charge in [0.05, 0.1) is 0 Å². The molecular weight excluding hydrogens is 420 g/mol. The maximum Gasteiger partial charge on any atom is 0.331 e. The molecule has 4 heteroatoms. The molecule has 0 amide bonds. The van der Waals surface area contributed by atoms with Crippen molar-refractivity contribution < 1.29 is 9.53 Å². The van der Waals surface area contributed by atoms with Gasteiger partial charge in [0.25, 0.3) is 0 Å². The normalized spacial score (nSPS) is 25.6. The van der Waals surface area contributed by atoms with Gasteiger partial charge in [0, 0.05) is 37.0 Å². The molecule has 0 radical (unpaired) electrons. The van der Waals surface area contributed by atoms with Crippen molar-refractivity contribution >= 4 is 12.0 Å². The molecule has 1 aliphatic heterocycles. The zero-order valence-electron chi connectivity index (χ0n) is 21.7. The molecule has 0 aliphatic carbocycles. The molecule has 3 rings (SSSR count). The number of rotatable bonds is 10. The van der Waals surface area contributed by atoms with Crippen molar-refractivity contribution in [2.24, 2.45) is 5.41 Å². The Hall–Kier alpha value is -2.43. The fourth-order valence-electron chi connectivity index (χ4n) is 5.56. The fraction of sp³-hybridized carbons (Fsp3) is 0.500. The number of piperidine rings is 1. The molecule has 2 aromatic rings. The average Bonchev–Trinajstić information content (AvgIpc) is 2.83. The number of esters is 1. The van der Waals surface area contributed by atoms with E-state index in [0.717, 1.165) is 56.6 Å². The molecule has 0 aromatic heterocycles. The highest BCUT2D eigenvalue weighted by atomic mass is 16.6. The van der Waals surface area contributed by atoms with Crippen molar-refractivity contribution in [3.05, 3.63) is 77.9 Å². The first-order valence-corrected chi connectivity index (χ1v) is 12.8. The zero-order valence-corrected chi connectivity index (χ0v) is 21.7. The van der Waals surface area contributed by atoms with Gasteiger partial charge in [-0.1, -0.05) is 81.4 Å². The number of carbonyl (C=O) groups is 1. The van der Waals surface area contributed by atoms with E-state index >= 15 is 0 Å². The maximum atomic E-state index is 13.3. The third kappa shape index (κ3) is 5.97. The summed E-state index contributed by atoms with van der Waals surface area (Å²) in [6, 6.07) is 20.6. The van der Waals surface area contributed by atoms with Crippen molar-refractivity contribution in [1.29, 1.82) is 0 Å². The summed E-state index contributed by atoms with van der Waals surface area (Å²) in [5.74, 6) is -0.284. The van der Waals surface area contributed by atoms with Crippen LogP contribution in [0.4, 0.5) is 0 Å². The van der Waals surface area contributed by atoms with Crippen LogP contribution in [0.3, 0.4) is 0 Å². The van der Waals surface area contributed by atoms with Gasteiger partial charge < -0.3 is 14.5 Å². The lowest BCUT2D eigenvalue weighted by molar-refractivity contribution is -0.197. The van der Waals surface area contributed by atoms with Gasteiger partial charge in [0.1, 0.15) is 5.60 Å². The lowest BCUT2D eigenvalue weighted by Gasteiger charge is -2.57. The lowest BCUT2D eigenvalue weighted by Crippen LogP contribution is -2.63. The smallest absolute Gasteiger partial charge is 0.331 e. The summed E-state index contributed by atoms with van der Waals surface area (Å²) in [6.07, 6.45) is 6.41. The summed E-state index contributed by atoms with van der Waals surface area (Å²) in [5.41, 5.74) is 1.10. The van der Waals surface area contributed by atoms with E-state index in [4.69, 9.17) is 4.74 Å². The molecule has 4 nitrogen and oxygen atoms in total. The van der Waals surface area contributed by atoms with Crippen LogP contribution in [0.15, 0.2) is 66.7 Å². The van der Waals surface area contributed by atoms with Gasteiger partial charge in [-0.3, -0.25) is 0 Å². The highest BCUT2D eigenvalue weighted by Gasteiger charge is 2.57. The molecule has 184 valence electrons. The van der Waals surface area contributed by atoms with Crippen LogP contribution in [0, 0.1) is 5.41 Å². The summed E-state index contributed by atoms with van der Waals surface area (Å²) in [6.45, 7) is 12.9. The highest BCUT2D eigenvalue weighted by molar-refractivity contribution is 5.87. The average molecular weight is 463 g/mol. The predicted molar refractivity (Wildman–Crippen MR) is 142 cm³/mol. The van der Waals surface area contributed by atoms with Gasteiger partial charge >= 0.3 is 5.97 Å². The monoisotopic (exact) mass is 462 g/mol. The van der Waals surface area contributed by atoms with E-state index in [1.807, 2.05) is 42.5 Å². The Labute approximate surface area is 206 Å². The molecular formula is C30H42N2O2. The van der Waals surface area contributed by atoms with Crippen LogP contribution in [-0.2, 0) is 15.1 Å². The topological polar surface area (TPSA) is 32.8 Å². The number of carbonyl (C=O) groups excluding carboxylic acids is 1. The van der Waals surface area contributed by atoms with Gasteiger partial charge in [-0.05, 0) is 57.1 Å². The van der Waals surface area contributed by atoms with E-state index in [1.54, 1.807) is 6.08 Å². The summed E-state index contributed by atoms with van der Waals surface area (Å²) < 4.78 is 6.60. The summed E-state index contributed by atoms with van der Waals surface area (Å²) >= 11 is 0. The van der Waals surface area contributed by atoms with Crippen molar-refractivity contribution in [3.8, 4) is 0 Å². The van der Waals surface area contributed by atoms with Crippen molar-refractivity contribution in [2.45, 2.75) is 58.6 Å². The van der Waals surface area contributed by atoms with E-state index in [9.17, 15) is 4.79 Å². The molecule has 0 N–H and O–H groups in total. The van der Waals surface area contributed by atoms with Gasteiger partial charge in [-0.25, -0.2) is 4.79 Å². The molecule has 0 spiro atoms. The molecule has 34 heavy (non-hydrogen) atoms. The SMILES string of the molecule is CCCN(CCC)CC1(C)CN(C)C(C)CC1(OC(=O)/C=C/c1ccccc1)c1ccccc1. The van der Waals surface area contributed by atoms with Crippen LogP contribution in [-0.4, -0.2) is 55.0 Å². The number of nitrogens with zero attached hydrogens (tertiary/aromatic N) is 2. The summed E-state index contributed by atoms with van der Waals surface area (Å²) in [5, 5.41) is 0. The Morgan fingerprint density at radius 2 is 1.65 bits per heavy atom. The fourth-order valence-corrected chi connectivity index (χ4v) is 5.56. The van der Waals surface area contributed by atoms with Crippen LogP contribution in [0.1, 0.15) is 58.1 Å². The lowest BCUT2D eigenvalue weighted by atomic mass is 9.63. The van der Waals surface area contributed by atoms with Crippen LogP contribution in [0.2, 0.25) is 0 Å². The van der Waals surface area contributed by atoms with E-state index in [0.29, 0.717) is 6.04 Å². The highest BCUT2D eigenvalue weighted by Crippen LogP contribution is 2.51. The first kappa shape index (κ1) is 26.2. The molecule has 0 bridgehead atoms. The molecule has 1 heterocycles.